The molecule has 0 unspecified atom stereocenters. The number of nitrogens with one attached hydrogen (secondary N) is 1. The minimum atomic E-state index is 0.180. The number of nitrogens with zero attached hydrogens (tertiary/aromatic N) is 2. The fourth-order valence-electron chi connectivity index (χ4n) is 4.97. The summed E-state index contributed by atoms with van der Waals surface area (Å²) in [4.78, 5) is 15.2. The third-order valence-corrected chi connectivity index (χ3v) is 6.13. The van der Waals surface area contributed by atoms with Crippen molar-refractivity contribution in [3.8, 4) is 0 Å². The van der Waals surface area contributed by atoms with Crippen molar-refractivity contribution >= 4 is 10.9 Å². The molecule has 126 valence electrons. The Balaban J connectivity index is 1.53. The molecule has 2 saturated heterocycles. The van der Waals surface area contributed by atoms with Gasteiger partial charge in [0.2, 0.25) is 0 Å². The maximum atomic E-state index is 12.6. The van der Waals surface area contributed by atoms with Crippen LogP contribution in [-0.4, -0.2) is 34.6 Å². The molecule has 0 amide bonds. The molecule has 5 rings (SSSR count). The molecule has 4 heterocycles. The molecule has 1 aromatic heterocycles. The average molecular weight is 323 g/mol. The highest BCUT2D eigenvalue weighted by Crippen LogP contribution is 2.27. The van der Waals surface area contributed by atoms with Crippen molar-refractivity contribution in [2.24, 2.45) is 0 Å². The van der Waals surface area contributed by atoms with E-state index in [0.29, 0.717) is 12.1 Å². The Labute approximate surface area is 142 Å². The monoisotopic (exact) mass is 323 g/mol. The number of likely N-dealkylation sites (tertiary alicyclic amines) is 1. The van der Waals surface area contributed by atoms with Crippen molar-refractivity contribution in [2.45, 2.75) is 57.3 Å². The van der Waals surface area contributed by atoms with Crippen LogP contribution in [0.3, 0.4) is 0 Å². The Hall–Kier alpha value is -1.65. The first-order chi connectivity index (χ1) is 11.8. The van der Waals surface area contributed by atoms with Crippen LogP contribution in [0.25, 0.3) is 10.9 Å². The summed E-state index contributed by atoms with van der Waals surface area (Å²) < 4.78 is 1.99. The van der Waals surface area contributed by atoms with Crippen LogP contribution in [0, 0.1) is 0 Å². The zero-order valence-corrected chi connectivity index (χ0v) is 14.1. The molecule has 4 heteroatoms. The van der Waals surface area contributed by atoms with E-state index in [2.05, 4.69) is 28.4 Å². The first-order valence-corrected chi connectivity index (χ1v) is 9.41. The maximum Gasteiger partial charge on any atom is 0.251 e. The lowest BCUT2D eigenvalue weighted by atomic mass is 9.98. The van der Waals surface area contributed by atoms with E-state index in [1.165, 1.54) is 41.3 Å². The second-order valence-corrected chi connectivity index (χ2v) is 7.74. The zero-order valence-electron chi connectivity index (χ0n) is 14.1. The van der Waals surface area contributed by atoms with Crippen LogP contribution in [-0.2, 0) is 19.5 Å². The van der Waals surface area contributed by atoms with E-state index < -0.39 is 0 Å². The number of rotatable bonds is 2. The molecule has 1 N–H and O–H groups in total. The lowest BCUT2D eigenvalue weighted by Gasteiger charge is -2.26. The third kappa shape index (κ3) is 2.40. The average Bonchev–Trinajstić information content (AvgIpc) is 2.94. The lowest BCUT2D eigenvalue weighted by molar-refractivity contribution is 0.251. The van der Waals surface area contributed by atoms with Crippen molar-refractivity contribution in [3.63, 3.8) is 0 Å². The van der Waals surface area contributed by atoms with Crippen molar-refractivity contribution < 1.29 is 0 Å². The van der Waals surface area contributed by atoms with Gasteiger partial charge in [-0.15, -0.1) is 0 Å². The number of hydrogen-bond acceptors (Lipinski definition) is 3. The van der Waals surface area contributed by atoms with Crippen molar-refractivity contribution in [1.29, 1.82) is 0 Å². The molecule has 2 atom stereocenters. The summed E-state index contributed by atoms with van der Waals surface area (Å²) in [6.07, 6.45) is 6.04. The van der Waals surface area contributed by atoms with E-state index in [0.717, 1.165) is 39.0 Å². The highest BCUT2D eigenvalue weighted by molar-refractivity contribution is 5.86. The summed E-state index contributed by atoms with van der Waals surface area (Å²) in [7, 11) is 0. The van der Waals surface area contributed by atoms with Gasteiger partial charge in [-0.1, -0.05) is 18.2 Å². The minimum Gasteiger partial charge on any atom is -0.310 e. The summed E-state index contributed by atoms with van der Waals surface area (Å²) in [5, 5.41) is 5.03. The molecule has 0 saturated carbocycles. The number of para-hydroxylation sites is 1. The molecule has 2 fully saturated rings. The van der Waals surface area contributed by atoms with E-state index >= 15 is 0 Å². The van der Waals surface area contributed by atoms with E-state index in [1.54, 1.807) is 0 Å². The Bertz CT molecular complexity index is 841. The minimum absolute atomic E-state index is 0.180. The molecular formula is C20H25N3O. The van der Waals surface area contributed by atoms with Crippen LogP contribution in [0.2, 0.25) is 0 Å². The van der Waals surface area contributed by atoms with Gasteiger partial charge in [0.05, 0.1) is 5.52 Å². The number of benzene rings is 1. The Morgan fingerprint density at radius 3 is 3.00 bits per heavy atom. The van der Waals surface area contributed by atoms with Gasteiger partial charge in [0.25, 0.3) is 5.56 Å². The van der Waals surface area contributed by atoms with Crippen LogP contribution in [0.1, 0.15) is 36.8 Å². The zero-order chi connectivity index (χ0) is 16.1. The lowest BCUT2D eigenvalue weighted by Crippen LogP contribution is -2.35. The number of aromatic nitrogens is 1. The highest BCUT2D eigenvalue weighted by atomic mass is 16.1. The van der Waals surface area contributed by atoms with Gasteiger partial charge < -0.3 is 9.88 Å². The summed E-state index contributed by atoms with van der Waals surface area (Å²) >= 11 is 0. The standard InChI is InChI=1S/C20H25N3O/c24-19-11-15(12-22-10-8-16-6-7-17(13-22)21-16)18-5-1-3-14-4-2-9-23(19)20(14)18/h1,3,5,11,16-17,21H,2,4,6-10,12-13H2/t16-,17+/m1/s1. The molecule has 24 heavy (non-hydrogen) atoms. The maximum absolute atomic E-state index is 12.6. The number of hydrogen-bond donors (Lipinski definition) is 1. The van der Waals surface area contributed by atoms with Gasteiger partial charge in [-0.2, -0.15) is 0 Å². The quantitative estimate of drug-likeness (QED) is 0.921. The third-order valence-electron chi connectivity index (χ3n) is 6.13. The molecule has 2 bridgehead atoms. The van der Waals surface area contributed by atoms with Gasteiger partial charge in [-0.05, 0) is 43.2 Å². The van der Waals surface area contributed by atoms with E-state index in [9.17, 15) is 4.79 Å². The smallest absolute Gasteiger partial charge is 0.251 e. The molecule has 0 spiro atoms. The molecule has 2 aromatic rings. The van der Waals surface area contributed by atoms with Gasteiger partial charge in [0.1, 0.15) is 0 Å². The van der Waals surface area contributed by atoms with Crippen molar-refractivity contribution in [1.82, 2.24) is 14.8 Å². The first kappa shape index (κ1) is 14.7. The number of pyridine rings is 1. The number of fused-ring (bicyclic) bond motifs is 2. The molecule has 3 aliphatic rings. The predicted octanol–water partition coefficient (Wildman–Crippen LogP) is 2.27. The first-order valence-electron chi connectivity index (χ1n) is 9.41. The summed E-state index contributed by atoms with van der Waals surface area (Å²) in [5.41, 5.74) is 3.93. The Morgan fingerprint density at radius 2 is 2.04 bits per heavy atom. The normalized spacial score (nSPS) is 26.7. The van der Waals surface area contributed by atoms with Gasteiger partial charge in [-0.3, -0.25) is 9.69 Å². The van der Waals surface area contributed by atoms with Crippen molar-refractivity contribution in [3.05, 3.63) is 45.7 Å². The van der Waals surface area contributed by atoms with Gasteiger partial charge in [-0.25, -0.2) is 0 Å². The van der Waals surface area contributed by atoms with Crippen LogP contribution in [0.4, 0.5) is 0 Å². The van der Waals surface area contributed by atoms with Gasteiger partial charge in [0.15, 0.2) is 0 Å². The van der Waals surface area contributed by atoms with E-state index in [1.807, 2.05) is 10.6 Å². The molecule has 3 aliphatic heterocycles. The fourth-order valence-corrected chi connectivity index (χ4v) is 4.97. The van der Waals surface area contributed by atoms with Gasteiger partial charge >= 0.3 is 0 Å². The fraction of sp³-hybridized carbons (Fsp3) is 0.550. The second kappa shape index (κ2) is 5.71. The number of aryl methyl sites for hydroxylation is 2. The summed E-state index contributed by atoms with van der Waals surface area (Å²) in [6.45, 7) is 4.02. The summed E-state index contributed by atoms with van der Waals surface area (Å²) in [5.74, 6) is 0. The Kier molecular flexibility index (Phi) is 3.49. The molecule has 4 nitrogen and oxygen atoms in total. The molecule has 1 aromatic carbocycles. The Morgan fingerprint density at radius 1 is 1.12 bits per heavy atom. The molecular weight excluding hydrogens is 298 g/mol. The van der Waals surface area contributed by atoms with Crippen LogP contribution in [0.5, 0.6) is 0 Å². The van der Waals surface area contributed by atoms with Crippen LogP contribution >= 0.6 is 0 Å². The highest BCUT2D eigenvalue weighted by Gasteiger charge is 2.29. The largest absolute Gasteiger partial charge is 0.310 e. The summed E-state index contributed by atoms with van der Waals surface area (Å²) in [6, 6.07) is 9.80. The van der Waals surface area contributed by atoms with Crippen LogP contribution in [0.15, 0.2) is 29.1 Å². The van der Waals surface area contributed by atoms with Gasteiger partial charge in [0, 0.05) is 49.7 Å². The van der Waals surface area contributed by atoms with Crippen LogP contribution < -0.4 is 10.9 Å². The van der Waals surface area contributed by atoms with E-state index in [-0.39, 0.29) is 5.56 Å². The second-order valence-electron chi connectivity index (χ2n) is 7.74. The molecule has 0 aliphatic carbocycles. The predicted molar refractivity (Wildman–Crippen MR) is 96.4 cm³/mol. The van der Waals surface area contributed by atoms with Crippen molar-refractivity contribution in [2.75, 3.05) is 13.1 Å². The topological polar surface area (TPSA) is 37.3 Å². The SMILES string of the molecule is O=c1cc(CN2CC[C@H]3CC[C@@H](C2)N3)c2cccc3c2n1CCC3. The van der Waals surface area contributed by atoms with E-state index in [4.69, 9.17) is 0 Å². The molecule has 0 radical (unpaired) electrons.